The van der Waals surface area contributed by atoms with Crippen LogP contribution in [0, 0.1) is 5.82 Å². The van der Waals surface area contributed by atoms with Gasteiger partial charge >= 0.3 is 6.18 Å². The molecule has 2 N–H and O–H groups in total. The van der Waals surface area contributed by atoms with Gasteiger partial charge in [-0.1, -0.05) is 35.9 Å². The van der Waals surface area contributed by atoms with E-state index in [2.05, 4.69) is 15.0 Å². The van der Waals surface area contributed by atoms with Crippen molar-refractivity contribution in [2.45, 2.75) is 17.6 Å². The van der Waals surface area contributed by atoms with Crippen LogP contribution in [0.3, 0.4) is 0 Å². The molecule has 0 spiro atoms. The van der Waals surface area contributed by atoms with Gasteiger partial charge in [0.2, 0.25) is 5.96 Å². The number of hydrogen-bond acceptors (Lipinski definition) is 4. The zero-order valence-corrected chi connectivity index (χ0v) is 18.0. The monoisotopic (exact) mass is 499 g/mol. The van der Waals surface area contributed by atoms with Crippen LogP contribution in [-0.2, 0) is 22.7 Å². The van der Waals surface area contributed by atoms with Crippen molar-refractivity contribution in [3.8, 4) is 11.5 Å². The molecule has 1 heterocycles. The van der Waals surface area contributed by atoms with E-state index in [1.807, 2.05) is 0 Å². The predicted octanol–water partition coefficient (Wildman–Crippen LogP) is 5.55. The Bertz CT molecular complexity index is 1360. The molecule has 0 aliphatic carbocycles. The summed E-state index contributed by atoms with van der Waals surface area (Å²) in [7, 11) is -4.05. The molecule has 0 saturated heterocycles. The zero-order valence-electron chi connectivity index (χ0n) is 16.5. The number of sulfonamides is 1. The summed E-state index contributed by atoms with van der Waals surface area (Å²) in [6.45, 7) is -0.350. The molecule has 33 heavy (non-hydrogen) atoms. The third-order valence-electron chi connectivity index (χ3n) is 4.56. The highest BCUT2D eigenvalue weighted by atomic mass is 35.5. The van der Waals surface area contributed by atoms with Gasteiger partial charge in [0.15, 0.2) is 5.75 Å². The minimum Gasteiger partial charge on any atom is -0.454 e. The number of halogens is 5. The van der Waals surface area contributed by atoms with E-state index < -0.39 is 27.6 Å². The fourth-order valence-corrected chi connectivity index (χ4v) is 4.38. The fourth-order valence-electron chi connectivity index (χ4n) is 3.05. The average molecular weight is 500 g/mol. The molecule has 0 fully saturated rings. The molecule has 0 aromatic heterocycles. The maximum Gasteiger partial charge on any atom is 0.419 e. The van der Waals surface area contributed by atoms with Crippen molar-refractivity contribution in [1.29, 1.82) is 0 Å². The first-order valence-corrected chi connectivity index (χ1v) is 11.2. The number of hydrogen-bond donors (Lipinski definition) is 2. The quantitative estimate of drug-likeness (QED) is 0.461. The molecule has 1 aliphatic heterocycles. The first-order valence-electron chi connectivity index (χ1n) is 9.30. The summed E-state index contributed by atoms with van der Waals surface area (Å²) in [6, 6.07) is 13.4. The van der Waals surface area contributed by atoms with Crippen LogP contribution in [0.5, 0.6) is 11.5 Å². The number of nitrogens with zero attached hydrogens (tertiary/aromatic N) is 1. The van der Waals surface area contributed by atoms with Gasteiger partial charge in [-0.3, -0.25) is 0 Å². The van der Waals surface area contributed by atoms with E-state index in [0.717, 1.165) is 6.07 Å². The van der Waals surface area contributed by atoms with E-state index in [0.29, 0.717) is 17.2 Å². The first-order chi connectivity index (χ1) is 15.5. The van der Waals surface area contributed by atoms with E-state index in [1.165, 1.54) is 18.2 Å². The summed E-state index contributed by atoms with van der Waals surface area (Å²) in [5.74, 6) is -1.23. The van der Waals surface area contributed by atoms with Gasteiger partial charge < -0.3 is 10.1 Å². The lowest BCUT2D eigenvalue weighted by Gasteiger charge is -2.23. The molecule has 1 aliphatic rings. The fraction of sp³-hybridized carbons (Fsp3) is 0.0952. The highest BCUT2D eigenvalue weighted by Crippen LogP contribution is 2.38. The molecule has 3 aromatic carbocycles. The van der Waals surface area contributed by atoms with Gasteiger partial charge in [-0.15, -0.1) is 0 Å². The summed E-state index contributed by atoms with van der Waals surface area (Å²) in [6.07, 6.45) is -4.87. The highest BCUT2D eigenvalue weighted by molar-refractivity contribution is 7.90. The summed E-state index contributed by atoms with van der Waals surface area (Å²) in [4.78, 5) is 3.89. The number of alkyl halides is 3. The SMILES string of the molecule is O=S1(=O)NC(=NCc2ccc(F)c(C(F)(F)F)c2)Nc2c(Oc3ccccc3Cl)cccc21. The lowest BCUT2D eigenvalue weighted by atomic mass is 10.1. The van der Waals surface area contributed by atoms with Gasteiger partial charge in [-0.05, 0) is 42.0 Å². The Labute approximate surface area is 190 Å². The standard InChI is InChI=1S/C21H14ClF4N3O3S/c22-14-4-1-2-5-16(14)32-17-6-3-7-18-19(17)28-20(29-33(18,30)31)27-11-12-8-9-15(23)13(10-12)21(24,25)26/h1-10H,11H2,(H2,27,28,29). The third kappa shape index (κ3) is 4.88. The van der Waals surface area contributed by atoms with Crippen LogP contribution >= 0.6 is 11.6 Å². The van der Waals surface area contributed by atoms with Crippen LogP contribution in [0.1, 0.15) is 11.1 Å². The molecule has 0 bridgehead atoms. The summed E-state index contributed by atoms with van der Waals surface area (Å²) >= 11 is 6.11. The number of rotatable bonds is 4. The van der Waals surface area contributed by atoms with Crippen molar-refractivity contribution in [3.63, 3.8) is 0 Å². The number of nitrogens with one attached hydrogen (secondary N) is 2. The molecule has 4 rings (SSSR count). The Balaban J connectivity index is 1.65. The Hall–Kier alpha value is -3.31. The predicted molar refractivity (Wildman–Crippen MR) is 114 cm³/mol. The number of aliphatic imine (C=N–C) groups is 1. The second-order valence-corrected chi connectivity index (χ2v) is 8.93. The zero-order chi connectivity index (χ0) is 23.8. The minimum absolute atomic E-state index is 0.0311. The molecule has 172 valence electrons. The molecule has 6 nitrogen and oxygen atoms in total. The molecule has 0 radical (unpaired) electrons. The second-order valence-electron chi connectivity index (χ2n) is 6.87. The van der Waals surface area contributed by atoms with Crippen molar-refractivity contribution >= 4 is 33.3 Å². The first kappa shape index (κ1) is 22.9. The van der Waals surface area contributed by atoms with Crippen LogP contribution in [0.25, 0.3) is 0 Å². The molecular weight excluding hydrogens is 486 g/mol. The normalized spacial score (nSPS) is 16.0. The number of ether oxygens (including phenoxy) is 1. The largest absolute Gasteiger partial charge is 0.454 e. The molecule has 0 amide bonds. The molecule has 0 saturated carbocycles. The van der Waals surface area contributed by atoms with Gasteiger partial charge in [-0.25, -0.2) is 22.5 Å². The van der Waals surface area contributed by atoms with Gasteiger partial charge in [0.1, 0.15) is 22.1 Å². The molecular formula is C21H14ClF4N3O3S. The smallest absolute Gasteiger partial charge is 0.419 e. The van der Waals surface area contributed by atoms with Crippen molar-refractivity contribution in [2.24, 2.45) is 4.99 Å². The molecule has 0 atom stereocenters. The lowest BCUT2D eigenvalue weighted by Crippen LogP contribution is -2.40. The lowest BCUT2D eigenvalue weighted by molar-refractivity contribution is -0.140. The number of fused-ring (bicyclic) bond motifs is 1. The Morgan fingerprint density at radius 3 is 2.45 bits per heavy atom. The Morgan fingerprint density at radius 2 is 1.73 bits per heavy atom. The number of para-hydroxylation sites is 2. The maximum absolute atomic E-state index is 13.5. The molecule has 0 unspecified atom stereocenters. The van der Waals surface area contributed by atoms with Crippen LogP contribution in [-0.4, -0.2) is 14.4 Å². The average Bonchev–Trinajstić information content (AvgIpc) is 2.74. The minimum atomic E-state index is -4.87. The Kier molecular flexibility index (Phi) is 5.93. The van der Waals surface area contributed by atoms with Crippen LogP contribution < -0.4 is 14.8 Å². The van der Waals surface area contributed by atoms with Crippen molar-refractivity contribution in [3.05, 3.63) is 82.6 Å². The van der Waals surface area contributed by atoms with Crippen LogP contribution in [0.2, 0.25) is 5.02 Å². The van der Waals surface area contributed by atoms with Gasteiger partial charge in [-0.2, -0.15) is 13.2 Å². The summed E-state index contributed by atoms with van der Waals surface area (Å²) < 4.78 is 85.7. The molecule has 3 aromatic rings. The van der Waals surface area contributed by atoms with E-state index in [9.17, 15) is 26.0 Å². The van der Waals surface area contributed by atoms with E-state index >= 15 is 0 Å². The van der Waals surface area contributed by atoms with E-state index in [-0.39, 0.29) is 40.1 Å². The van der Waals surface area contributed by atoms with Crippen LogP contribution in [0.15, 0.2) is 70.6 Å². The number of guanidine groups is 1. The summed E-state index contributed by atoms with van der Waals surface area (Å²) in [5.41, 5.74) is -1.33. The summed E-state index contributed by atoms with van der Waals surface area (Å²) in [5, 5.41) is 3.09. The van der Waals surface area contributed by atoms with Crippen LogP contribution in [0.4, 0.5) is 23.2 Å². The highest BCUT2D eigenvalue weighted by Gasteiger charge is 2.34. The van der Waals surface area contributed by atoms with Crippen molar-refractivity contribution in [2.75, 3.05) is 5.32 Å². The van der Waals surface area contributed by atoms with Crippen molar-refractivity contribution in [1.82, 2.24) is 4.72 Å². The van der Waals surface area contributed by atoms with Gasteiger partial charge in [0.25, 0.3) is 10.0 Å². The van der Waals surface area contributed by atoms with Gasteiger partial charge in [0.05, 0.1) is 17.1 Å². The topological polar surface area (TPSA) is 79.8 Å². The third-order valence-corrected chi connectivity index (χ3v) is 6.26. The van der Waals surface area contributed by atoms with E-state index in [4.69, 9.17) is 16.3 Å². The van der Waals surface area contributed by atoms with Gasteiger partial charge in [0, 0.05) is 0 Å². The van der Waals surface area contributed by atoms with E-state index in [1.54, 1.807) is 24.3 Å². The maximum atomic E-state index is 13.5. The number of anilines is 1. The molecule has 12 heteroatoms. The van der Waals surface area contributed by atoms with Crippen molar-refractivity contribution < 1.29 is 30.7 Å². The Morgan fingerprint density at radius 1 is 1.00 bits per heavy atom. The second kappa shape index (κ2) is 8.56. The number of benzene rings is 3.